The Kier molecular flexibility index (Phi) is 46.1. The lowest BCUT2D eigenvalue weighted by Gasteiger charge is -2.26. The number of aliphatic carboxylic acids is 1. The number of carbonyl (C=O) groups excluding carboxylic acids is 10. The smallest absolute Gasteiger partial charge is 0.303 e. The fraction of sp³-hybridized carbons (Fsp3) is 0.755. The number of rotatable bonds is 57. The Hall–Kier alpha value is -6.61. The number of aliphatic hydroxyl groups is 10. The summed E-state index contributed by atoms with van der Waals surface area (Å²) >= 11 is 0. The molecule has 92 heavy (non-hydrogen) atoms. The van der Waals surface area contributed by atoms with E-state index in [9.17, 15) is 93.6 Å². The summed E-state index contributed by atoms with van der Waals surface area (Å²) in [6, 6.07) is -2.85. The van der Waals surface area contributed by atoms with E-state index in [2.05, 4.69) is 42.5 Å². The van der Waals surface area contributed by atoms with Crippen molar-refractivity contribution < 1.29 is 147 Å². The number of hydrogen-bond donors (Lipinski definition) is 19. The third-order valence-electron chi connectivity index (χ3n) is 12.4. The SMILES string of the molecule is O=C(O)CCC(NC(=O)CN1C(=O)C=CC1=O)C(=O)NCC(=O)NCC(=O)NCC(=O)NCCOCCOCCOCCOCCOCCOCCOCCOCCC(=O)NC(CCC(=O)NCC(O)C(O)C(O)C(O)CO)C(=O)NC[C@H](O)[C@@H](O)[C@H](O)[C@H](O)CO. The second kappa shape index (κ2) is 50.9. The number of aliphatic hydroxyl groups excluding tert-OH is 10. The summed E-state index contributed by atoms with van der Waals surface area (Å²) < 4.78 is 43.5. The highest BCUT2D eigenvalue weighted by molar-refractivity contribution is 6.14. The van der Waals surface area contributed by atoms with E-state index in [0.29, 0.717) is 51.1 Å². The number of carboxylic acids is 1. The molecule has 0 aromatic rings. The summed E-state index contributed by atoms with van der Waals surface area (Å²) in [5, 5.41) is 124. The van der Waals surface area contributed by atoms with Crippen molar-refractivity contribution in [2.75, 3.05) is 165 Å². The van der Waals surface area contributed by atoms with Crippen LogP contribution in [-0.2, 0) is 90.6 Å². The van der Waals surface area contributed by atoms with Gasteiger partial charge in [0, 0.05) is 51.0 Å². The molecule has 10 atom stereocenters. The molecule has 528 valence electrons. The third-order valence-corrected chi connectivity index (χ3v) is 12.4. The van der Waals surface area contributed by atoms with Gasteiger partial charge in [-0.15, -0.1) is 0 Å². The van der Waals surface area contributed by atoms with Crippen LogP contribution in [0.15, 0.2) is 12.2 Å². The minimum Gasteiger partial charge on any atom is -0.481 e. The molecule has 0 aromatic heterocycles. The van der Waals surface area contributed by atoms with Crippen LogP contribution in [0.5, 0.6) is 0 Å². The predicted octanol–water partition coefficient (Wildman–Crippen LogP) is -12.4. The van der Waals surface area contributed by atoms with Crippen molar-refractivity contribution in [2.45, 2.75) is 93.0 Å². The maximum absolute atomic E-state index is 13.0. The van der Waals surface area contributed by atoms with Crippen molar-refractivity contribution in [3.8, 4) is 0 Å². The molecule has 0 aromatic carbocycles. The highest BCUT2D eigenvalue weighted by Gasteiger charge is 2.33. The zero-order valence-electron chi connectivity index (χ0n) is 50.8. The van der Waals surface area contributed by atoms with Crippen molar-refractivity contribution >= 4 is 65.0 Å². The molecule has 0 aliphatic carbocycles. The van der Waals surface area contributed by atoms with Crippen LogP contribution in [0.1, 0.15) is 32.1 Å². The number of nitrogens with one attached hydrogen (secondary N) is 8. The van der Waals surface area contributed by atoms with Gasteiger partial charge in [-0.3, -0.25) is 57.6 Å². The number of ether oxygens (including phenoxy) is 8. The third kappa shape index (κ3) is 39.7. The van der Waals surface area contributed by atoms with Gasteiger partial charge in [0.05, 0.1) is 151 Å². The van der Waals surface area contributed by atoms with E-state index in [0.717, 1.165) is 12.2 Å². The van der Waals surface area contributed by atoms with Gasteiger partial charge in [0.15, 0.2) is 0 Å². The molecule has 0 saturated heterocycles. The van der Waals surface area contributed by atoms with Gasteiger partial charge in [-0.05, 0) is 12.8 Å². The molecule has 39 nitrogen and oxygen atoms in total. The molecule has 1 aliphatic rings. The number of nitrogens with zero attached hydrogens (tertiary/aromatic N) is 1. The van der Waals surface area contributed by atoms with Gasteiger partial charge in [0.2, 0.25) is 47.3 Å². The topological polar surface area (TPSA) is 584 Å². The highest BCUT2D eigenvalue weighted by atomic mass is 16.6. The Balaban J connectivity index is 2.08. The lowest BCUT2D eigenvalue weighted by Crippen LogP contribution is -2.53. The fourth-order valence-corrected chi connectivity index (χ4v) is 7.23. The van der Waals surface area contributed by atoms with Gasteiger partial charge in [0.25, 0.3) is 11.8 Å². The molecule has 39 heteroatoms. The summed E-state index contributed by atoms with van der Waals surface area (Å²) in [4.78, 5) is 135. The lowest BCUT2D eigenvalue weighted by molar-refractivity contribution is -0.141. The average Bonchev–Trinajstić information content (AvgIpc) is 1.80. The molecule has 6 unspecified atom stereocenters. The maximum atomic E-state index is 13.0. The van der Waals surface area contributed by atoms with E-state index >= 15 is 0 Å². The van der Waals surface area contributed by atoms with E-state index in [1.54, 1.807) is 0 Å². The van der Waals surface area contributed by atoms with Crippen LogP contribution >= 0.6 is 0 Å². The number of hydrogen-bond acceptors (Lipinski definition) is 29. The first-order valence-corrected chi connectivity index (χ1v) is 29.2. The normalized spacial score (nSPS) is 15.4. The van der Waals surface area contributed by atoms with Crippen LogP contribution in [0, 0.1) is 0 Å². The molecule has 1 rings (SSSR count). The van der Waals surface area contributed by atoms with Crippen molar-refractivity contribution in [1.82, 2.24) is 47.4 Å². The first-order chi connectivity index (χ1) is 43.9. The van der Waals surface area contributed by atoms with E-state index in [1.165, 1.54) is 0 Å². The van der Waals surface area contributed by atoms with E-state index in [4.69, 9.17) is 53.2 Å². The van der Waals surface area contributed by atoms with Crippen LogP contribution in [0.3, 0.4) is 0 Å². The van der Waals surface area contributed by atoms with Crippen molar-refractivity contribution in [3.63, 3.8) is 0 Å². The van der Waals surface area contributed by atoms with Crippen LogP contribution in [-0.4, -0.2) is 352 Å². The molecule has 1 aliphatic heterocycles. The van der Waals surface area contributed by atoms with Crippen LogP contribution in [0.2, 0.25) is 0 Å². The fourth-order valence-electron chi connectivity index (χ4n) is 7.23. The molecular weight excluding hydrogens is 1240 g/mol. The molecule has 0 spiro atoms. The Morgan fingerprint density at radius 1 is 0.380 bits per heavy atom. The first-order valence-electron chi connectivity index (χ1n) is 29.2. The molecule has 1 heterocycles. The molecule has 0 bridgehead atoms. The zero-order chi connectivity index (χ0) is 68.6. The highest BCUT2D eigenvalue weighted by Crippen LogP contribution is 2.09. The lowest BCUT2D eigenvalue weighted by atomic mass is 10.0. The number of amides is 10. The number of carbonyl (C=O) groups is 11. The van der Waals surface area contributed by atoms with Gasteiger partial charge in [-0.2, -0.15) is 0 Å². The van der Waals surface area contributed by atoms with E-state index < -0.39 is 191 Å². The zero-order valence-corrected chi connectivity index (χ0v) is 50.8. The molecular formula is C53H91N9O30. The van der Waals surface area contributed by atoms with Gasteiger partial charge >= 0.3 is 5.97 Å². The molecule has 10 amide bonds. The molecule has 0 radical (unpaired) electrons. The maximum Gasteiger partial charge on any atom is 0.303 e. The summed E-state index contributed by atoms with van der Waals surface area (Å²) in [6.45, 7) is -1.67. The number of carboxylic acid groups (broad SMARTS) is 1. The van der Waals surface area contributed by atoms with Crippen LogP contribution in [0.4, 0.5) is 0 Å². The predicted molar refractivity (Wildman–Crippen MR) is 307 cm³/mol. The Morgan fingerprint density at radius 3 is 1.15 bits per heavy atom. The van der Waals surface area contributed by atoms with Crippen molar-refractivity contribution in [1.29, 1.82) is 0 Å². The van der Waals surface area contributed by atoms with Gasteiger partial charge in [0.1, 0.15) is 55.3 Å². The van der Waals surface area contributed by atoms with Crippen LogP contribution < -0.4 is 42.5 Å². The minimum atomic E-state index is -2.00. The number of imide groups is 1. The van der Waals surface area contributed by atoms with Gasteiger partial charge in [-0.25, -0.2) is 0 Å². The summed E-state index contributed by atoms with van der Waals surface area (Å²) in [5.74, 6) is -9.14. The molecule has 0 saturated carbocycles. The molecule has 0 fully saturated rings. The summed E-state index contributed by atoms with van der Waals surface area (Å²) in [7, 11) is 0. The largest absolute Gasteiger partial charge is 0.481 e. The van der Waals surface area contributed by atoms with Gasteiger partial charge in [-0.1, -0.05) is 0 Å². The van der Waals surface area contributed by atoms with E-state index in [1.807, 2.05) is 0 Å². The summed E-state index contributed by atoms with van der Waals surface area (Å²) in [5.41, 5.74) is 0. The standard InChI is InChI=1S/C53H91N9O30/c63-31-37(67)50(81)48(79)35(65)25-55-39(69)3-1-33(52(83)58-26-36(66)49(80)51(82)38(68)32-64)60-40(70)7-9-85-11-13-87-15-17-89-19-21-91-23-24-92-22-20-90-18-16-88-14-12-86-10-8-54-41(71)27-56-42(72)28-57-43(73)29-59-53(84)34(2-6-47(77)78)61-44(74)30-62-45(75)4-5-46(62)76/h4-5,33-38,48-51,63-68,79-82H,1-3,6-32H2,(H,54,71)(H,55,69)(H,56,72)(H,57,73)(H,58,83)(H,59,84)(H,60,70)(H,61,74)(H,77,78)/t33?,34?,35?,36-,37?,38+,48?,49+,50?,51+/m0/s1. The minimum absolute atomic E-state index is 0.0918. The first kappa shape index (κ1) is 83.4. The van der Waals surface area contributed by atoms with Crippen molar-refractivity contribution in [3.05, 3.63) is 12.2 Å². The second-order valence-electron chi connectivity index (χ2n) is 19.7. The monoisotopic (exact) mass is 1330 g/mol. The van der Waals surface area contributed by atoms with Gasteiger partial charge < -0.3 is 137 Å². The Labute approximate surface area is 528 Å². The Morgan fingerprint density at radius 2 is 0.728 bits per heavy atom. The Bertz CT molecular complexity index is 2220. The van der Waals surface area contributed by atoms with Crippen LogP contribution in [0.25, 0.3) is 0 Å². The molecule has 19 N–H and O–H groups in total. The van der Waals surface area contributed by atoms with E-state index in [-0.39, 0.29) is 85.3 Å². The van der Waals surface area contributed by atoms with Crippen molar-refractivity contribution in [2.24, 2.45) is 0 Å². The summed E-state index contributed by atoms with van der Waals surface area (Å²) in [6.07, 6.45) is -15.1. The average molecular weight is 1330 g/mol. The quantitative estimate of drug-likeness (QED) is 0.0199. The second-order valence-corrected chi connectivity index (χ2v) is 19.7.